The van der Waals surface area contributed by atoms with Crippen molar-refractivity contribution in [2.45, 2.75) is 52.3 Å². The Morgan fingerprint density at radius 1 is 1.16 bits per heavy atom. The third-order valence-corrected chi connectivity index (χ3v) is 3.45. The van der Waals surface area contributed by atoms with Crippen molar-refractivity contribution in [1.29, 1.82) is 0 Å². The molecule has 0 saturated heterocycles. The molecule has 0 atom stereocenters. The van der Waals surface area contributed by atoms with Crippen LogP contribution < -0.4 is 16.2 Å². The number of rotatable bonds is 7. The molecule has 8 heteroatoms. The highest BCUT2D eigenvalue weighted by Crippen LogP contribution is 2.20. The van der Waals surface area contributed by atoms with Gasteiger partial charge in [-0.05, 0) is 58.2 Å². The van der Waals surface area contributed by atoms with Gasteiger partial charge in [-0.2, -0.15) is 10.1 Å². The van der Waals surface area contributed by atoms with Gasteiger partial charge in [-0.15, -0.1) is 17.0 Å². The Hall–Kier alpha value is -1.80. The van der Waals surface area contributed by atoms with Crippen LogP contribution in [0.4, 0.5) is 0 Å². The smallest absolute Gasteiger partial charge is 0.226 e. The molecule has 1 aromatic rings. The van der Waals surface area contributed by atoms with E-state index < -0.39 is 5.66 Å². The number of nitrogens with zero attached hydrogens (tertiary/aromatic N) is 3. The molecule has 0 aromatic heterocycles. The van der Waals surface area contributed by atoms with Gasteiger partial charge in [0.15, 0.2) is 5.66 Å². The van der Waals surface area contributed by atoms with Crippen LogP contribution in [0.2, 0.25) is 0 Å². The van der Waals surface area contributed by atoms with Crippen LogP contribution in [0.5, 0.6) is 5.75 Å². The molecule has 0 aliphatic carbocycles. The summed E-state index contributed by atoms with van der Waals surface area (Å²) in [6, 6.07) is 8.13. The summed E-state index contributed by atoms with van der Waals surface area (Å²) in [6.45, 7) is 8.28. The molecule has 140 valence electrons. The lowest BCUT2D eigenvalue weighted by molar-refractivity contribution is -0.157. The summed E-state index contributed by atoms with van der Waals surface area (Å²) in [5.41, 5.74) is 12.1. The molecule has 1 aliphatic rings. The Kier molecular flexibility index (Phi) is 7.69. The van der Waals surface area contributed by atoms with Gasteiger partial charge in [0, 0.05) is 0 Å². The average Bonchev–Trinajstić information content (AvgIpc) is 2.45. The molecule has 0 fully saturated rings. The minimum atomic E-state index is -0.661. The number of hydroxylamine groups is 2. The summed E-state index contributed by atoms with van der Waals surface area (Å²) < 4.78 is 5.64. The van der Waals surface area contributed by atoms with Crippen molar-refractivity contribution >= 4 is 28.9 Å². The first-order valence-electron chi connectivity index (χ1n) is 8.16. The Morgan fingerprint density at radius 2 is 1.80 bits per heavy atom. The van der Waals surface area contributed by atoms with E-state index >= 15 is 0 Å². The Morgan fingerprint density at radius 3 is 2.36 bits per heavy atom. The number of aryl methyl sites for hydroxylation is 1. The van der Waals surface area contributed by atoms with E-state index in [0.29, 0.717) is 6.61 Å². The molecule has 1 aromatic carbocycles. The van der Waals surface area contributed by atoms with Crippen LogP contribution in [0, 0.1) is 0 Å². The van der Waals surface area contributed by atoms with Crippen molar-refractivity contribution in [1.82, 2.24) is 5.06 Å². The Bertz CT molecular complexity index is 614. The maximum absolute atomic E-state index is 5.87. The summed E-state index contributed by atoms with van der Waals surface area (Å²) in [7, 11) is 0. The summed E-state index contributed by atoms with van der Waals surface area (Å²) in [6.07, 6.45) is 1.93. The first-order valence-corrected chi connectivity index (χ1v) is 8.16. The number of nitrogens with two attached hydrogens (primary N) is 2. The molecule has 25 heavy (non-hydrogen) atoms. The van der Waals surface area contributed by atoms with Gasteiger partial charge in [0.1, 0.15) is 5.75 Å². The maximum Gasteiger partial charge on any atom is 0.226 e. The fraction of sp³-hybridized carbons (Fsp3) is 0.529. The van der Waals surface area contributed by atoms with E-state index in [9.17, 15) is 0 Å². The lowest BCUT2D eigenvalue weighted by atomic mass is 10.1. The van der Waals surface area contributed by atoms with Crippen LogP contribution >= 0.6 is 17.0 Å². The van der Waals surface area contributed by atoms with Crippen molar-refractivity contribution < 1.29 is 9.57 Å². The second-order valence-electron chi connectivity index (χ2n) is 6.48. The summed E-state index contributed by atoms with van der Waals surface area (Å²) in [4.78, 5) is 13.9. The van der Waals surface area contributed by atoms with Crippen LogP contribution in [-0.4, -0.2) is 35.4 Å². The first kappa shape index (κ1) is 21.2. The fourth-order valence-corrected chi connectivity index (χ4v) is 2.46. The van der Waals surface area contributed by atoms with E-state index in [2.05, 4.69) is 22.1 Å². The van der Waals surface area contributed by atoms with Gasteiger partial charge in [-0.3, -0.25) is 4.84 Å². The average molecular weight is 414 g/mol. The molecular formula is C17H28BrN5O2. The van der Waals surface area contributed by atoms with E-state index in [1.807, 2.05) is 39.8 Å². The van der Waals surface area contributed by atoms with Crippen molar-refractivity contribution in [3.8, 4) is 5.75 Å². The minimum Gasteiger partial charge on any atom is -0.491 e. The largest absolute Gasteiger partial charge is 0.491 e. The van der Waals surface area contributed by atoms with Gasteiger partial charge >= 0.3 is 0 Å². The monoisotopic (exact) mass is 413 g/mol. The highest BCUT2D eigenvalue weighted by molar-refractivity contribution is 8.93. The molecule has 1 aliphatic heterocycles. The minimum absolute atomic E-state index is 0. The molecule has 0 saturated carbocycles. The summed E-state index contributed by atoms with van der Waals surface area (Å²) in [5.74, 6) is 1.28. The van der Waals surface area contributed by atoms with Crippen molar-refractivity contribution in [2.75, 3.05) is 6.61 Å². The van der Waals surface area contributed by atoms with E-state index in [4.69, 9.17) is 21.0 Å². The number of aliphatic imine (C=N–C) groups is 2. The van der Waals surface area contributed by atoms with Crippen molar-refractivity contribution in [3.63, 3.8) is 0 Å². The third-order valence-electron chi connectivity index (χ3n) is 3.45. The van der Waals surface area contributed by atoms with Crippen LogP contribution in [0.3, 0.4) is 0 Å². The van der Waals surface area contributed by atoms with E-state index in [-0.39, 0.29) is 35.0 Å². The number of benzene rings is 1. The molecule has 1 heterocycles. The molecule has 0 radical (unpaired) electrons. The second-order valence-corrected chi connectivity index (χ2v) is 6.48. The number of hydrogen-bond acceptors (Lipinski definition) is 7. The van der Waals surface area contributed by atoms with Crippen LogP contribution in [-0.2, 0) is 11.3 Å². The topological polar surface area (TPSA) is 98.5 Å². The Labute approximate surface area is 159 Å². The predicted octanol–water partition coefficient (Wildman–Crippen LogP) is 2.60. The van der Waals surface area contributed by atoms with Gasteiger partial charge in [-0.1, -0.05) is 12.1 Å². The molecule has 2 rings (SSSR count). The molecule has 7 nitrogen and oxygen atoms in total. The van der Waals surface area contributed by atoms with Gasteiger partial charge in [0.2, 0.25) is 11.9 Å². The molecule has 0 amide bonds. The lowest BCUT2D eigenvalue weighted by Gasteiger charge is -2.36. The van der Waals surface area contributed by atoms with Gasteiger partial charge in [0.05, 0.1) is 12.7 Å². The zero-order valence-corrected chi connectivity index (χ0v) is 16.9. The van der Waals surface area contributed by atoms with E-state index in [1.165, 1.54) is 10.6 Å². The SMILES string of the molecule is Br.CC(C)Oc1ccc(CCCON2C(N)=NC(N)=NC2(C)C)cc1. The number of hydrogen-bond donors (Lipinski definition) is 2. The van der Waals surface area contributed by atoms with Gasteiger partial charge in [0.25, 0.3) is 0 Å². The number of guanidine groups is 2. The number of ether oxygens (including phenoxy) is 1. The third kappa shape index (κ3) is 6.21. The number of halogens is 1. The second kappa shape index (κ2) is 9.05. The lowest BCUT2D eigenvalue weighted by Crippen LogP contribution is -2.53. The van der Waals surface area contributed by atoms with E-state index in [0.717, 1.165) is 18.6 Å². The van der Waals surface area contributed by atoms with Crippen molar-refractivity contribution in [3.05, 3.63) is 29.8 Å². The van der Waals surface area contributed by atoms with Crippen LogP contribution in [0.15, 0.2) is 34.3 Å². The first-order chi connectivity index (χ1) is 11.3. The Balaban J connectivity index is 0.00000312. The predicted molar refractivity (Wildman–Crippen MR) is 106 cm³/mol. The van der Waals surface area contributed by atoms with Gasteiger partial charge in [-0.25, -0.2) is 4.99 Å². The van der Waals surface area contributed by atoms with Crippen LogP contribution in [0.25, 0.3) is 0 Å². The fourth-order valence-electron chi connectivity index (χ4n) is 2.46. The van der Waals surface area contributed by atoms with Crippen LogP contribution in [0.1, 0.15) is 39.7 Å². The molecule has 0 unspecified atom stereocenters. The summed E-state index contributed by atoms with van der Waals surface area (Å²) in [5, 5.41) is 1.50. The summed E-state index contributed by atoms with van der Waals surface area (Å²) >= 11 is 0. The zero-order chi connectivity index (χ0) is 17.7. The molecule has 0 spiro atoms. The molecule has 0 bridgehead atoms. The normalized spacial score (nSPS) is 16.1. The van der Waals surface area contributed by atoms with E-state index in [1.54, 1.807) is 0 Å². The highest BCUT2D eigenvalue weighted by atomic mass is 79.9. The molecule has 4 N–H and O–H groups in total. The highest BCUT2D eigenvalue weighted by Gasteiger charge is 2.32. The van der Waals surface area contributed by atoms with Gasteiger partial charge < -0.3 is 16.2 Å². The van der Waals surface area contributed by atoms with Crippen molar-refractivity contribution in [2.24, 2.45) is 21.5 Å². The zero-order valence-electron chi connectivity index (χ0n) is 15.2. The maximum atomic E-state index is 5.87. The quantitative estimate of drug-likeness (QED) is 0.669. The standard InChI is InChI=1S/C17H27N5O2.BrH/c1-12(2)24-14-9-7-13(8-10-14)6-5-11-23-22-16(19)20-15(18)21-17(22,3)4;/h7-10,12H,5-6,11H2,1-4H3,(H4,18,19,20,21);1H. The molecular weight excluding hydrogens is 386 g/mol.